The van der Waals surface area contributed by atoms with Crippen LogP contribution in [-0.4, -0.2) is 0 Å². The molecule has 0 saturated heterocycles. The summed E-state index contributed by atoms with van der Waals surface area (Å²) in [5.41, 5.74) is -0.181. The maximum Gasteiger partial charge on any atom is 0.175 e. The summed E-state index contributed by atoms with van der Waals surface area (Å²) in [7, 11) is 0. The standard InChI is InChI=1S/C14H12N2/c1-2-5-14(9-15,10-16)13-7-11-3-4-12(6-11)8-13/h1,3-4,7,11-12H,5-6,8H2. The third-order valence-electron chi connectivity index (χ3n) is 3.40. The fraction of sp³-hybridized carbons (Fsp3) is 0.429. The highest BCUT2D eigenvalue weighted by atomic mass is 14.4. The van der Waals surface area contributed by atoms with Crippen LogP contribution >= 0.6 is 0 Å². The summed E-state index contributed by atoms with van der Waals surface area (Å²) in [5.74, 6) is 3.34. The van der Waals surface area contributed by atoms with Gasteiger partial charge in [0.25, 0.3) is 0 Å². The number of nitriles is 2. The molecule has 16 heavy (non-hydrogen) atoms. The molecule has 2 aliphatic carbocycles. The smallest absolute Gasteiger partial charge is 0.175 e. The minimum atomic E-state index is -1.10. The normalized spacial score (nSPS) is 26.4. The lowest BCUT2D eigenvalue weighted by atomic mass is 9.72. The van der Waals surface area contributed by atoms with Crippen LogP contribution in [0.4, 0.5) is 0 Å². The van der Waals surface area contributed by atoms with Crippen molar-refractivity contribution in [3.05, 3.63) is 23.8 Å². The van der Waals surface area contributed by atoms with Crippen molar-refractivity contribution in [2.75, 3.05) is 0 Å². The number of terminal acetylenes is 1. The van der Waals surface area contributed by atoms with E-state index in [-0.39, 0.29) is 6.42 Å². The van der Waals surface area contributed by atoms with E-state index in [9.17, 15) is 10.5 Å². The molecular weight excluding hydrogens is 196 g/mol. The zero-order valence-corrected chi connectivity index (χ0v) is 8.98. The average Bonchev–Trinajstić information content (AvgIpc) is 2.65. The summed E-state index contributed by atoms with van der Waals surface area (Å²) < 4.78 is 0. The fourth-order valence-corrected chi connectivity index (χ4v) is 2.52. The van der Waals surface area contributed by atoms with Crippen molar-refractivity contribution in [1.82, 2.24) is 0 Å². The summed E-state index contributed by atoms with van der Waals surface area (Å²) in [6.07, 6.45) is 13.8. The molecule has 0 aliphatic heterocycles. The van der Waals surface area contributed by atoms with E-state index in [1.807, 2.05) is 0 Å². The predicted octanol–water partition coefficient (Wildman–Crippen LogP) is 2.57. The first-order valence-corrected chi connectivity index (χ1v) is 5.39. The Morgan fingerprint density at radius 3 is 2.69 bits per heavy atom. The Balaban J connectivity index is 2.35. The van der Waals surface area contributed by atoms with Gasteiger partial charge in [0.15, 0.2) is 5.41 Å². The van der Waals surface area contributed by atoms with Gasteiger partial charge < -0.3 is 0 Å². The van der Waals surface area contributed by atoms with Crippen molar-refractivity contribution in [2.24, 2.45) is 17.3 Å². The maximum atomic E-state index is 9.22. The van der Waals surface area contributed by atoms with Crippen LogP contribution in [0.25, 0.3) is 0 Å². The summed E-state index contributed by atoms with van der Waals surface area (Å²) in [6.45, 7) is 0. The first kappa shape index (κ1) is 10.5. The van der Waals surface area contributed by atoms with Crippen molar-refractivity contribution in [3.63, 3.8) is 0 Å². The Labute approximate surface area is 95.9 Å². The molecule has 2 unspecified atom stereocenters. The summed E-state index contributed by atoms with van der Waals surface area (Å²) in [4.78, 5) is 0. The van der Waals surface area contributed by atoms with Gasteiger partial charge >= 0.3 is 0 Å². The molecule has 0 N–H and O–H groups in total. The van der Waals surface area contributed by atoms with Crippen molar-refractivity contribution in [2.45, 2.75) is 19.3 Å². The van der Waals surface area contributed by atoms with E-state index in [0.717, 1.165) is 18.4 Å². The Kier molecular flexibility index (Phi) is 2.55. The lowest BCUT2D eigenvalue weighted by Gasteiger charge is -2.27. The van der Waals surface area contributed by atoms with Gasteiger partial charge in [-0.3, -0.25) is 0 Å². The number of rotatable bonds is 2. The molecule has 0 fully saturated rings. The van der Waals surface area contributed by atoms with Crippen LogP contribution in [0.15, 0.2) is 23.8 Å². The van der Waals surface area contributed by atoms with Gasteiger partial charge in [-0.15, -0.1) is 12.3 Å². The number of fused-ring (bicyclic) bond motifs is 2. The highest BCUT2D eigenvalue weighted by molar-refractivity contribution is 5.39. The predicted molar refractivity (Wildman–Crippen MR) is 60.5 cm³/mol. The molecule has 0 aromatic heterocycles. The number of allylic oxidation sites excluding steroid dienone is 4. The molecule has 0 aromatic carbocycles. The van der Waals surface area contributed by atoms with Crippen LogP contribution in [0.5, 0.6) is 0 Å². The second-order valence-corrected chi connectivity index (χ2v) is 4.45. The molecule has 0 aromatic rings. The van der Waals surface area contributed by atoms with Gasteiger partial charge in [0.2, 0.25) is 0 Å². The van der Waals surface area contributed by atoms with Gasteiger partial charge in [0.1, 0.15) is 0 Å². The Morgan fingerprint density at radius 2 is 2.12 bits per heavy atom. The first-order valence-electron chi connectivity index (χ1n) is 5.39. The number of hydrogen-bond acceptors (Lipinski definition) is 2. The zero-order chi connectivity index (χ0) is 11.6. The van der Waals surface area contributed by atoms with E-state index in [1.54, 1.807) is 0 Å². The van der Waals surface area contributed by atoms with Crippen molar-refractivity contribution in [3.8, 4) is 24.5 Å². The SMILES string of the molecule is C#CCC(C#N)(C#N)C1=CC2C=CC(C1)C2. The molecule has 2 bridgehead atoms. The van der Waals surface area contributed by atoms with Crippen molar-refractivity contribution < 1.29 is 0 Å². The Hall–Kier alpha value is -1.98. The van der Waals surface area contributed by atoms with Crippen molar-refractivity contribution >= 4 is 0 Å². The minimum Gasteiger partial charge on any atom is -0.196 e. The largest absolute Gasteiger partial charge is 0.196 e. The van der Waals surface area contributed by atoms with E-state index in [4.69, 9.17) is 6.42 Å². The fourth-order valence-electron chi connectivity index (χ4n) is 2.52. The van der Waals surface area contributed by atoms with Gasteiger partial charge in [-0.05, 0) is 30.3 Å². The zero-order valence-electron chi connectivity index (χ0n) is 8.98. The second-order valence-electron chi connectivity index (χ2n) is 4.45. The Bertz CT molecular complexity index is 462. The van der Waals surface area contributed by atoms with E-state index in [0.29, 0.717) is 11.8 Å². The monoisotopic (exact) mass is 208 g/mol. The average molecular weight is 208 g/mol. The summed E-state index contributed by atoms with van der Waals surface area (Å²) in [6, 6.07) is 4.21. The molecular formula is C14H12N2. The van der Waals surface area contributed by atoms with Crippen LogP contribution in [0.3, 0.4) is 0 Å². The van der Waals surface area contributed by atoms with Crippen LogP contribution in [0.1, 0.15) is 19.3 Å². The second kappa shape index (κ2) is 3.88. The highest BCUT2D eigenvalue weighted by Crippen LogP contribution is 2.43. The number of hydrogen-bond donors (Lipinski definition) is 0. The molecule has 2 nitrogen and oxygen atoms in total. The molecule has 0 amide bonds. The molecule has 2 heteroatoms. The summed E-state index contributed by atoms with van der Waals surface area (Å²) in [5, 5.41) is 18.4. The van der Waals surface area contributed by atoms with E-state index in [2.05, 4.69) is 36.3 Å². The first-order chi connectivity index (χ1) is 7.74. The lowest BCUT2D eigenvalue weighted by Crippen LogP contribution is -2.23. The molecule has 0 radical (unpaired) electrons. The molecule has 0 saturated carbocycles. The van der Waals surface area contributed by atoms with E-state index < -0.39 is 5.41 Å². The van der Waals surface area contributed by atoms with Crippen molar-refractivity contribution in [1.29, 1.82) is 10.5 Å². The maximum absolute atomic E-state index is 9.22. The lowest BCUT2D eigenvalue weighted by molar-refractivity contribution is 0.480. The van der Waals surface area contributed by atoms with Gasteiger partial charge in [0.05, 0.1) is 12.1 Å². The van der Waals surface area contributed by atoms with Crippen LogP contribution in [0, 0.1) is 52.3 Å². The van der Waals surface area contributed by atoms with Crippen LogP contribution in [-0.2, 0) is 0 Å². The molecule has 2 rings (SSSR count). The van der Waals surface area contributed by atoms with Gasteiger partial charge in [-0.1, -0.05) is 18.2 Å². The highest BCUT2D eigenvalue weighted by Gasteiger charge is 2.38. The third-order valence-corrected chi connectivity index (χ3v) is 3.40. The van der Waals surface area contributed by atoms with Gasteiger partial charge in [-0.2, -0.15) is 10.5 Å². The van der Waals surface area contributed by atoms with Crippen LogP contribution in [0.2, 0.25) is 0 Å². The van der Waals surface area contributed by atoms with Gasteiger partial charge in [-0.25, -0.2) is 0 Å². The molecule has 2 aliphatic rings. The molecule has 78 valence electrons. The Morgan fingerprint density at radius 1 is 1.38 bits per heavy atom. The minimum absolute atomic E-state index is 0.186. The molecule has 2 atom stereocenters. The van der Waals surface area contributed by atoms with E-state index >= 15 is 0 Å². The summed E-state index contributed by atoms with van der Waals surface area (Å²) >= 11 is 0. The van der Waals surface area contributed by atoms with E-state index in [1.165, 1.54) is 0 Å². The van der Waals surface area contributed by atoms with Gasteiger partial charge in [0, 0.05) is 6.42 Å². The topological polar surface area (TPSA) is 47.6 Å². The molecule has 0 spiro atoms. The number of nitrogens with zero attached hydrogens (tertiary/aromatic N) is 2. The molecule has 0 heterocycles. The quantitative estimate of drug-likeness (QED) is 0.517. The van der Waals surface area contributed by atoms with Crippen LogP contribution < -0.4 is 0 Å². The third kappa shape index (κ3) is 1.52.